The van der Waals surface area contributed by atoms with E-state index in [9.17, 15) is 0 Å². The summed E-state index contributed by atoms with van der Waals surface area (Å²) in [5.74, 6) is 0. The van der Waals surface area contributed by atoms with Crippen LogP contribution in [0.5, 0.6) is 0 Å². The molecule has 492 valence electrons. The molecule has 21 fully saturated rings. The van der Waals surface area contributed by atoms with Gasteiger partial charge in [-0.25, -0.2) is 0 Å². The quantitative estimate of drug-likeness (QED) is 0.227. The van der Waals surface area contributed by atoms with Crippen LogP contribution >= 0.6 is 0 Å². The summed E-state index contributed by atoms with van der Waals surface area (Å²) in [4.78, 5) is 0. The Morgan fingerprint density at radius 1 is 0.0244 bits per heavy atom. The van der Waals surface area contributed by atoms with Gasteiger partial charge >= 0.3 is 0 Å². The smallest absolute Gasteiger partial charge is 0.0533 e. The van der Waals surface area contributed by atoms with Crippen LogP contribution in [0.4, 0.5) is 0 Å². The standard InChI is InChI=1S/19C4H8.2C3H6/c19*1-2-4-3-1;2*1-2-3-1/h19*1-4H2;2*1-3H2. The van der Waals surface area contributed by atoms with Crippen molar-refractivity contribution < 1.29 is 0 Å². The summed E-state index contributed by atoms with van der Waals surface area (Å²) in [5, 5.41) is 0. The maximum absolute atomic E-state index is 1.50. The second kappa shape index (κ2) is 77.1. The molecular formula is C82H164. The molecule has 0 heterocycles. The third-order valence-corrected chi connectivity index (χ3v) is 19.7. The van der Waals surface area contributed by atoms with Crippen molar-refractivity contribution in [3.63, 3.8) is 0 Å². The minimum atomic E-state index is 1.50. The van der Waals surface area contributed by atoms with E-state index >= 15 is 0 Å². The lowest BCUT2D eigenvalue weighted by atomic mass is 10.0. The predicted molar refractivity (Wildman–Crippen MR) is 379 cm³/mol. The highest BCUT2D eigenvalue weighted by molar-refractivity contribution is 4.58. The van der Waals surface area contributed by atoms with Gasteiger partial charge in [0, 0.05) is 0 Å². The lowest BCUT2D eigenvalue weighted by molar-refractivity contribution is 0.504. The molecule has 0 aliphatic heterocycles. The zero-order valence-electron chi connectivity index (χ0n) is 58.0. The molecule has 0 spiro atoms. The molecule has 0 radical (unpaired) electrons. The van der Waals surface area contributed by atoms with Crippen molar-refractivity contribution in [2.45, 2.75) is 527 Å². The maximum atomic E-state index is 1.50. The Morgan fingerprint density at radius 3 is 0.0366 bits per heavy atom. The molecule has 21 rings (SSSR count). The summed E-state index contributed by atoms with van der Waals surface area (Å²) < 4.78 is 0. The van der Waals surface area contributed by atoms with E-state index < -0.39 is 0 Å². The Bertz CT molecular complexity index is 552. The molecular weight excluding hydrogens is 985 g/mol. The Kier molecular flexibility index (Phi) is 75.2. The number of rotatable bonds is 0. The second-order valence-corrected chi connectivity index (χ2v) is 29.0. The molecule has 0 unspecified atom stereocenters. The van der Waals surface area contributed by atoms with Crippen LogP contribution < -0.4 is 0 Å². The molecule has 0 heteroatoms. The summed E-state index contributed by atoms with van der Waals surface area (Å²) >= 11 is 0. The normalized spacial score (nSPS) is 24.0. The van der Waals surface area contributed by atoms with Gasteiger partial charge in [0.15, 0.2) is 0 Å². The van der Waals surface area contributed by atoms with E-state index in [1.807, 2.05) is 0 Å². The van der Waals surface area contributed by atoms with Crippen LogP contribution in [0.1, 0.15) is 527 Å². The molecule has 0 saturated heterocycles. The first-order valence-electron chi connectivity index (χ1n) is 41.0. The highest BCUT2D eigenvalue weighted by Gasteiger charge is 2.03. The van der Waals surface area contributed by atoms with E-state index in [0.29, 0.717) is 0 Å². The van der Waals surface area contributed by atoms with E-state index in [2.05, 4.69) is 0 Å². The van der Waals surface area contributed by atoms with Crippen molar-refractivity contribution in [1.29, 1.82) is 0 Å². The fourth-order valence-corrected chi connectivity index (χ4v) is 4.75. The Hall–Kier alpha value is 0. The van der Waals surface area contributed by atoms with Crippen molar-refractivity contribution in [2.75, 3.05) is 0 Å². The number of hydrogen-bond donors (Lipinski definition) is 0. The Balaban J connectivity index is 0.000000431. The molecule has 0 amide bonds. The first-order chi connectivity index (χ1) is 41.0. The van der Waals surface area contributed by atoms with Gasteiger partial charge < -0.3 is 0 Å². The van der Waals surface area contributed by atoms with Gasteiger partial charge in [-0.2, -0.15) is 0 Å². The zero-order chi connectivity index (χ0) is 58.0. The van der Waals surface area contributed by atoms with E-state index in [-0.39, 0.29) is 0 Å². The van der Waals surface area contributed by atoms with Gasteiger partial charge in [0.25, 0.3) is 0 Å². The van der Waals surface area contributed by atoms with Crippen molar-refractivity contribution in [3.8, 4) is 0 Å². The number of hydrogen-bond acceptors (Lipinski definition) is 0. The van der Waals surface area contributed by atoms with E-state index in [4.69, 9.17) is 0 Å². The van der Waals surface area contributed by atoms with Gasteiger partial charge in [0.1, 0.15) is 0 Å². The molecule has 0 nitrogen and oxygen atoms in total. The molecule has 21 aliphatic carbocycles. The lowest BCUT2D eigenvalue weighted by Crippen LogP contribution is -1.85. The zero-order valence-corrected chi connectivity index (χ0v) is 58.0. The van der Waals surface area contributed by atoms with E-state index in [0.717, 1.165) is 0 Å². The fraction of sp³-hybridized carbons (Fsp3) is 1.00. The predicted octanol–water partition coefficient (Wildman–Crippen LogP) is 32.0. The van der Waals surface area contributed by atoms with Gasteiger partial charge in [-0.05, 0) is 0 Å². The minimum Gasteiger partial charge on any atom is -0.0533 e. The van der Waals surface area contributed by atoms with E-state index in [1.165, 1.54) is 527 Å². The SMILES string of the molecule is C1CC1.C1CC1.C1CCC1.C1CCC1.C1CCC1.C1CCC1.C1CCC1.C1CCC1.C1CCC1.C1CCC1.C1CCC1.C1CCC1.C1CCC1.C1CCC1.C1CCC1.C1CCC1.C1CCC1.C1CCC1.C1CCC1.C1CCC1.C1CCC1. The molecule has 0 aromatic heterocycles. The van der Waals surface area contributed by atoms with Crippen molar-refractivity contribution in [1.82, 2.24) is 0 Å². The summed E-state index contributed by atoms with van der Waals surface area (Å²) in [6, 6.07) is 0. The monoisotopic (exact) mass is 1150 g/mol. The van der Waals surface area contributed by atoms with Crippen molar-refractivity contribution in [3.05, 3.63) is 0 Å². The molecule has 21 aliphatic rings. The van der Waals surface area contributed by atoms with Gasteiger partial charge in [-0.15, -0.1) is 0 Å². The highest BCUT2D eigenvalue weighted by atomic mass is 14.1. The Labute approximate surface area is 523 Å². The topological polar surface area (TPSA) is 0 Å². The fourth-order valence-electron chi connectivity index (χ4n) is 4.75. The third kappa shape index (κ3) is 82.1. The molecule has 0 atom stereocenters. The summed E-state index contributed by atoms with van der Waals surface area (Å²) in [6.07, 6.45) is 123. The van der Waals surface area contributed by atoms with Gasteiger partial charge in [0.05, 0.1) is 0 Å². The maximum Gasteiger partial charge on any atom is -0.0533 e. The van der Waals surface area contributed by atoms with Gasteiger partial charge in [0.2, 0.25) is 0 Å². The van der Waals surface area contributed by atoms with Crippen LogP contribution in [-0.4, -0.2) is 0 Å². The summed E-state index contributed by atoms with van der Waals surface area (Å²) in [5.41, 5.74) is 0. The first-order valence-corrected chi connectivity index (χ1v) is 41.0. The van der Waals surface area contributed by atoms with Crippen molar-refractivity contribution >= 4 is 0 Å². The molecule has 0 aromatic carbocycles. The third-order valence-electron chi connectivity index (χ3n) is 19.7. The van der Waals surface area contributed by atoms with Crippen molar-refractivity contribution in [2.24, 2.45) is 0 Å². The molecule has 0 N–H and O–H groups in total. The van der Waals surface area contributed by atoms with Gasteiger partial charge in [-0.1, -0.05) is 527 Å². The van der Waals surface area contributed by atoms with E-state index in [1.54, 1.807) is 0 Å². The largest absolute Gasteiger partial charge is 0.0533 e. The van der Waals surface area contributed by atoms with Crippen LogP contribution in [0.15, 0.2) is 0 Å². The average Bonchev–Trinajstić information content (AvgIpc) is 3.86. The van der Waals surface area contributed by atoms with Gasteiger partial charge in [-0.3, -0.25) is 0 Å². The first kappa shape index (κ1) is 80.0. The molecule has 82 heavy (non-hydrogen) atoms. The minimum absolute atomic E-state index is 1.50. The van der Waals surface area contributed by atoms with Crippen LogP contribution in [0, 0.1) is 0 Å². The molecule has 0 aromatic rings. The van der Waals surface area contributed by atoms with Crippen LogP contribution in [0.2, 0.25) is 0 Å². The summed E-state index contributed by atoms with van der Waals surface area (Å²) in [7, 11) is 0. The Morgan fingerprint density at radius 2 is 0.0366 bits per heavy atom. The molecule has 21 saturated carbocycles. The molecule has 0 bridgehead atoms. The van der Waals surface area contributed by atoms with Crippen LogP contribution in [0.25, 0.3) is 0 Å². The summed E-state index contributed by atoms with van der Waals surface area (Å²) in [6.45, 7) is 0. The second-order valence-electron chi connectivity index (χ2n) is 29.0. The lowest BCUT2D eigenvalue weighted by Gasteiger charge is -2.05. The average molecular weight is 1150 g/mol. The highest BCUT2D eigenvalue weighted by Crippen LogP contribution is 2.22. The van der Waals surface area contributed by atoms with Crippen LogP contribution in [0.3, 0.4) is 0 Å². The van der Waals surface area contributed by atoms with Crippen LogP contribution in [-0.2, 0) is 0 Å².